The molecule has 0 aliphatic rings. The molecule has 98 valence electrons. The summed E-state index contributed by atoms with van der Waals surface area (Å²) in [7, 11) is 0. The molecule has 2 rings (SSSR count). The second-order valence-corrected chi connectivity index (χ2v) is 4.82. The number of carbonyl (C=O) groups is 1. The third-order valence-electron chi connectivity index (χ3n) is 2.33. The number of esters is 1. The second kappa shape index (κ2) is 6.24. The van der Waals surface area contributed by atoms with Crippen LogP contribution in [0.4, 0.5) is 5.69 Å². The van der Waals surface area contributed by atoms with Crippen LogP contribution in [0.5, 0.6) is 0 Å². The van der Waals surface area contributed by atoms with E-state index in [0.29, 0.717) is 22.9 Å². The number of rotatable bonds is 4. The molecule has 0 unspecified atom stereocenters. The Bertz CT molecular complexity index is 573. The normalized spacial score (nSPS) is 10.2. The van der Waals surface area contributed by atoms with Gasteiger partial charge in [0.25, 0.3) is 0 Å². The predicted molar refractivity (Wildman–Crippen MR) is 75.2 cm³/mol. The lowest BCUT2D eigenvalue weighted by Crippen LogP contribution is -2.08. The van der Waals surface area contributed by atoms with Gasteiger partial charge in [0.05, 0.1) is 24.1 Å². The van der Waals surface area contributed by atoms with Crippen LogP contribution in [0.1, 0.15) is 17.3 Å². The minimum Gasteiger partial charge on any atom is -0.462 e. The summed E-state index contributed by atoms with van der Waals surface area (Å²) < 4.78 is 5.01. The Kier molecular flexibility index (Phi) is 4.41. The van der Waals surface area contributed by atoms with E-state index in [0.717, 1.165) is 4.90 Å². The number of anilines is 1. The Labute approximate surface area is 116 Å². The monoisotopic (exact) mass is 274 g/mol. The van der Waals surface area contributed by atoms with E-state index in [2.05, 4.69) is 4.98 Å². The quantitative estimate of drug-likeness (QED) is 0.868. The number of hydrogen-bond acceptors (Lipinski definition) is 5. The molecule has 0 amide bonds. The maximum atomic E-state index is 11.9. The molecule has 4 nitrogen and oxygen atoms in total. The van der Waals surface area contributed by atoms with Gasteiger partial charge in [0.1, 0.15) is 5.03 Å². The van der Waals surface area contributed by atoms with Crippen molar-refractivity contribution in [3.8, 4) is 0 Å². The van der Waals surface area contributed by atoms with Crippen LogP contribution < -0.4 is 5.73 Å². The molecule has 19 heavy (non-hydrogen) atoms. The average molecular weight is 274 g/mol. The number of nitrogens with two attached hydrogens (primary N) is 1. The smallest absolute Gasteiger partial charge is 0.340 e. The zero-order valence-corrected chi connectivity index (χ0v) is 11.3. The van der Waals surface area contributed by atoms with Gasteiger partial charge in [-0.1, -0.05) is 30.0 Å². The molecular weight excluding hydrogens is 260 g/mol. The number of nitrogen functional groups attached to an aromatic ring is 1. The van der Waals surface area contributed by atoms with Crippen LogP contribution in [-0.4, -0.2) is 17.6 Å². The van der Waals surface area contributed by atoms with Gasteiger partial charge in [-0.3, -0.25) is 0 Å². The van der Waals surface area contributed by atoms with E-state index >= 15 is 0 Å². The minimum atomic E-state index is -0.402. The Morgan fingerprint density at radius 2 is 2.11 bits per heavy atom. The maximum absolute atomic E-state index is 11.9. The zero-order valence-electron chi connectivity index (χ0n) is 10.5. The van der Waals surface area contributed by atoms with E-state index in [1.54, 1.807) is 13.0 Å². The lowest BCUT2D eigenvalue weighted by Gasteiger charge is -2.08. The summed E-state index contributed by atoms with van der Waals surface area (Å²) in [6.07, 6.45) is 1.54. The van der Waals surface area contributed by atoms with E-state index in [1.807, 2.05) is 30.3 Å². The maximum Gasteiger partial charge on any atom is 0.340 e. The van der Waals surface area contributed by atoms with Crippen LogP contribution in [0, 0.1) is 0 Å². The molecule has 0 saturated heterocycles. The number of carbonyl (C=O) groups excluding carboxylic acids is 1. The molecule has 5 heteroatoms. The third-order valence-corrected chi connectivity index (χ3v) is 3.35. The zero-order chi connectivity index (χ0) is 13.7. The molecule has 0 aliphatic carbocycles. The summed E-state index contributed by atoms with van der Waals surface area (Å²) in [6, 6.07) is 11.3. The van der Waals surface area contributed by atoms with Gasteiger partial charge < -0.3 is 10.5 Å². The first-order valence-electron chi connectivity index (χ1n) is 5.86. The standard InChI is InChI=1S/C14H14N2O2S/c1-2-18-14(17)12-8-10(15)9-16-13(12)19-11-6-4-3-5-7-11/h3-9H,2,15H2,1H3. The van der Waals surface area contributed by atoms with Crippen LogP contribution in [0.3, 0.4) is 0 Å². The first-order chi connectivity index (χ1) is 9.20. The van der Waals surface area contributed by atoms with E-state index in [4.69, 9.17) is 10.5 Å². The summed E-state index contributed by atoms with van der Waals surface area (Å²) in [5.41, 5.74) is 6.52. The van der Waals surface area contributed by atoms with Gasteiger partial charge in [-0.2, -0.15) is 0 Å². The van der Waals surface area contributed by atoms with E-state index in [-0.39, 0.29) is 0 Å². The van der Waals surface area contributed by atoms with Crippen molar-refractivity contribution < 1.29 is 9.53 Å². The second-order valence-electron chi connectivity index (χ2n) is 3.76. The Morgan fingerprint density at radius 3 is 2.79 bits per heavy atom. The number of hydrogen-bond donors (Lipinski definition) is 1. The number of pyridine rings is 1. The third kappa shape index (κ3) is 3.48. The van der Waals surface area contributed by atoms with Crippen LogP contribution in [0.2, 0.25) is 0 Å². The van der Waals surface area contributed by atoms with Crippen molar-refractivity contribution in [3.05, 3.63) is 48.2 Å². The highest BCUT2D eigenvalue weighted by Gasteiger charge is 2.15. The summed E-state index contributed by atoms with van der Waals surface area (Å²) in [5, 5.41) is 0.596. The lowest BCUT2D eigenvalue weighted by molar-refractivity contribution is 0.0521. The first-order valence-corrected chi connectivity index (χ1v) is 6.68. The number of aromatic nitrogens is 1. The Balaban J connectivity index is 2.32. The SMILES string of the molecule is CCOC(=O)c1cc(N)cnc1Sc1ccccc1. The predicted octanol–water partition coefficient (Wildman–Crippen LogP) is 2.99. The molecule has 2 N–H and O–H groups in total. The van der Waals surface area contributed by atoms with Gasteiger partial charge in [0.15, 0.2) is 0 Å². The van der Waals surface area contributed by atoms with Crippen LogP contribution in [0.25, 0.3) is 0 Å². The minimum absolute atomic E-state index is 0.322. The molecule has 0 spiro atoms. The molecule has 0 fully saturated rings. The average Bonchev–Trinajstić information content (AvgIpc) is 2.42. The van der Waals surface area contributed by atoms with Crippen LogP contribution in [0.15, 0.2) is 52.5 Å². The number of ether oxygens (including phenoxy) is 1. The van der Waals surface area contributed by atoms with Gasteiger partial charge in [-0.05, 0) is 25.1 Å². The van der Waals surface area contributed by atoms with Gasteiger partial charge in [-0.15, -0.1) is 0 Å². The molecule has 0 bridgehead atoms. The molecule has 1 aromatic carbocycles. The fourth-order valence-electron chi connectivity index (χ4n) is 1.50. The van der Waals surface area contributed by atoms with Gasteiger partial charge in [-0.25, -0.2) is 9.78 Å². The van der Waals surface area contributed by atoms with Gasteiger partial charge in [0, 0.05) is 4.90 Å². The van der Waals surface area contributed by atoms with E-state index < -0.39 is 5.97 Å². The molecule has 2 aromatic rings. The molecule has 1 heterocycles. The van der Waals surface area contributed by atoms with Crippen molar-refractivity contribution in [2.24, 2.45) is 0 Å². The van der Waals surface area contributed by atoms with Crippen molar-refractivity contribution in [1.29, 1.82) is 0 Å². The van der Waals surface area contributed by atoms with Crippen LogP contribution in [-0.2, 0) is 4.74 Å². The molecular formula is C14H14N2O2S. The highest BCUT2D eigenvalue weighted by molar-refractivity contribution is 7.99. The highest BCUT2D eigenvalue weighted by Crippen LogP contribution is 2.29. The van der Waals surface area contributed by atoms with Crippen LogP contribution >= 0.6 is 11.8 Å². The molecule has 0 aliphatic heterocycles. The Hall–Kier alpha value is -2.01. The Morgan fingerprint density at radius 1 is 1.37 bits per heavy atom. The van der Waals surface area contributed by atoms with Crippen molar-refractivity contribution in [3.63, 3.8) is 0 Å². The molecule has 0 radical (unpaired) electrons. The molecule has 1 aromatic heterocycles. The van der Waals surface area contributed by atoms with E-state index in [9.17, 15) is 4.79 Å². The molecule has 0 atom stereocenters. The van der Waals surface area contributed by atoms with E-state index in [1.165, 1.54) is 18.0 Å². The fourth-order valence-corrected chi connectivity index (χ4v) is 2.38. The number of benzene rings is 1. The lowest BCUT2D eigenvalue weighted by atomic mass is 10.3. The number of nitrogens with zero attached hydrogens (tertiary/aromatic N) is 1. The van der Waals surface area contributed by atoms with Gasteiger partial charge >= 0.3 is 5.97 Å². The topological polar surface area (TPSA) is 65.2 Å². The summed E-state index contributed by atoms with van der Waals surface area (Å²) in [5.74, 6) is -0.402. The summed E-state index contributed by atoms with van der Waals surface area (Å²) >= 11 is 1.41. The summed E-state index contributed by atoms with van der Waals surface area (Å²) in [6.45, 7) is 2.09. The summed E-state index contributed by atoms with van der Waals surface area (Å²) in [4.78, 5) is 17.1. The largest absolute Gasteiger partial charge is 0.462 e. The fraction of sp³-hybridized carbons (Fsp3) is 0.143. The van der Waals surface area contributed by atoms with Crippen molar-refractivity contribution in [2.75, 3.05) is 12.3 Å². The van der Waals surface area contributed by atoms with Crippen molar-refractivity contribution in [1.82, 2.24) is 4.98 Å². The van der Waals surface area contributed by atoms with Gasteiger partial charge in [0.2, 0.25) is 0 Å². The van der Waals surface area contributed by atoms with Crippen molar-refractivity contribution in [2.45, 2.75) is 16.8 Å². The van der Waals surface area contributed by atoms with Crippen molar-refractivity contribution >= 4 is 23.4 Å². The molecule has 0 saturated carbocycles. The highest BCUT2D eigenvalue weighted by atomic mass is 32.2. The first kappa shape index (κ1) is 13.4.